The van der Waals surface area contributed by atoms with Gasteiger partial charge in [-0.15, -0.1) is 0 Å². The minimum absolute atomic E-state index is 0.118. The second kappa shape index (κ2) is 7.24. The number of rotatable bonds is 6. The van der Waals surface area contributed by atoms with Gasteiger partial charge in [-0.1, -0.05) is 19.9 Å². The summed E-state index contributed by atoms with van der Waals surface area (Å²) < 4.78 is 0. The first-order valence-corrected chi connectivity index (χ1v) is 6.86. The molecule has 1 rings (SSSR count). The van der Waals surface area contributed by atoms with Crippen LogP contribution in [-0.2, 0) is 6.54 Å². The van der Waals surface area contributed by atoms with Crippen LogP contribution in [0.15, 0.2) is 24.5 Å². The van der Waals surface area contributed by atoms with Crippen LogP contribution in [0.1, 0.15) is 32.8 Å². The smallest absolute Gasteiger partial charge is 0.317 e. The normalized spacial score (nSPS) is 12.8. The Morgan fingerprint density at radius 1 is 1.55 bits per heavy atom. The van der Waals surface area contributed by atoms with Gasteiger partial charge in [0.05, 0.1) is 6.10 Å². The Hall–Kier alpha value is -1.62. The molecule has 2 amide bonds. The van der Waals surface area contributed by atoms with Crippen molar-refractivity contribution in [2.24, 2.45) is 5.41 Å². The molecule has 0 saturated carbocycles. The van der Waals surface area contributed by atoms with E-state index in [9.17, 15) is 9.90 Å². The van der Waals surface area contributed by atoms with Crippen molar-refractivity contribution in [1.29, 1.82) is 0 Å². The summed E-state index contributed by atoms with van der Waals surface area (Å²) >= 11 is 0. The fourth-order valence-corrected chi connectivity index (χ4v) is 2.16. The molecule has 0 radical (unpaired) electrons. The van der Waals surface area contributed by atoms with Crippen LogP contribution in [-0.4, -0.2) is 40.7 Å². The van der Waals surface area contributed by atoms with Crippen LogP contribution in [0.5, 0.6) is 0 Å². The van der Waals surface area contributed by atoms with Crippen molar-refractivity contribution in [2.75, 3.05) is 13.6 Å². The molecule has 1 aromatic rings. The largest absolute Gasteiger partial charge is 0.393 e. The van der Waals surface area contributed by atoms with Crippen LogP contribution in [0, 0.1) is 5.41 Å². The summed E-state index contributed by atoms with van der Waals surface area (Å²) in [6.45, 7) is 6.88. The lowest BCUT2D eigenvalue weighted by Crippen LogP contribution is -2.42. The molecule has 0 aromatic carbocycles. The molecular weight excluding hydrogens is 254 g/mol. The van der Waals surface area contributed by atoms with E-state index in [-0.39, 0.29) is 17.6 Å². The molecule has 1 aromatic heterocycles. The lowest BCUT2D eigenvalue weighted by atomic mass is 9.87. The molecular formula is C15H25N3O2. The van der Waals surface area contributed by atoms with Crippen LogP contribution in [0.2, 0.25) is 0 Å². The highest BCUT2D eigenvalue weighted by molar-refractivity contribution is 5.73. The number of nitrogens with zero attached hydrogens (tertiary/aromatic N) is 2. The van der Waals surface area contributed by atoms with E-state index in [1.54, 1.807) is 31.3 Å². The van der Waals surface area contributed by atoms with Crippen LogP contribution in [0.25, 0.3) is 0 Å². The molecule has 5 heteroatoms. The van der Waals surface area contributed by atoms with E-state index in [0.717, 1.165) is 5.56 Å². The maximum Gasteiger partial charge on any atom is 0.317 e. The lowest BCUT2D eigenvalue weighted by Gasteiger charge is -2.28. The number of hydrogen-bond donors (Lipinski definition) is 2. The molecule has 112 valence electrons. The van der Waals surface area contributed by atoms with Crippen LogP contribution in [0.4, 0.5) is 4.79 Å². The summed E-state index contributed by atoms with van der Waals surface area (Å²) in [5.74, 6) is 0. The third-order valence-electron chi connectivity index (χ3n) is 3.06. The topological polar surface area (TPSA) is 65.5 Å². The fourth-order valence-electron chi connectivity index (χ4n) is 2.16. The highest BCUT2D eigenvalue weighted by atomic mass is 16.3. The third kappa shape index (κ3) is 6.02. The standard InChI is InChI=1S/C15H25N3O2/c1-12(19)8-15(2,3)11-17-14(20)18(4)10-13-6-5-7-16-9-13/h5-7,9,12,19H,8,10-11H2,1-4H3,(H,17,20). The van der Waals surface area contributed by atoms with Gasteiger partial charge in [0.1, 0.15) is 0 Å². The first kappa shape index (κ1) is 16.4. The lowest BCUT2D eigenvalue weighted by molar-refractivity contribution is 0.127. The van der Waals surface area contributed by atoms with Gasteiger partial charge < -0.3 is 15.3 Å². The van der Waals surface area contributed by atoms with Gasteiger partial charge >= 0.3 is 6.03 Å². The van der Waals surface area contributed by atoms with Crippen molar-refractivity contribution >= 4 is 6.03 Å². The molecule has 1 atom stereocenters. The van der Waals surface area contributed by atoms with E-state index in [4.69, 9.17) is 0 Å². The minimum atomic E-state index is -0.366. The van der Waals surface area contributed by atoms with Gasteiger partial charge in [0.2, 0.25) is 0 Å². The third-order valence-corrected chi connectivity index (χ3v) is 3.06. The highest BCUT2D eigenvalue weighted by Gasteiger charge is 2.21. The Bertz CT molecular complexity index is 418. The summed E-state index contributed by atoms with van der Waals surface area (Å²) in [5, 5.41) is 12.3. The van der Waals surface area contributed by atoms with Crippen LogP contribution >= 0.6 is 0 Å². The summed E-state index contributed by atoms with van der Waals surface area (Å²) in [6.07, 6.45) is 3.75. The van der Waals surface area contributed by atoms with Gasteiger partial charge in [-0.3, -0.25) is 4.98 Å². The predicted octanol–water partition coefficient (Wildman–Crippen LogP) is 2.02. The van der Waals surface area contributed by atoms with Crippen molar-refractivity contribution in [1.82, 2.24) is 15.2 Å². The summed E-state index contributed by atoms with van der Waals surface area (Å²) in [6, 6.07) is 3.67. The Labute approximate surface area is 121 Å². The fraction of sp³-hybridized carbons (Fsp3) is 0.600. The molecule has 1 heterocycles. The summed E-state index contributed by atoms with van der Waals surface area (Å²) in [5.41, 5.74) is 0.868. The van der Waals surface area contributed by atoms with Gasteiger partial charge in [0, 0.05) is 32.5 Å². The van der Waals surface area contributed by atoms with Gasteiger partial charge in [0.25, 0.3) is 0 Å². The van der Waals surface area contributed by atoms with Gasteiger partial charge in [-0.25, -0.2) is 4.79 Å². The summed E-state index contributed by atoms with van der Waals surface area (Å²) in [7, 11) is 1.75. The number of aliphatic hydroxyl groups excluding tert-OH is 1. The quantitative estimate of drug-likeness (QED) is 0.837. The van der Waals surface area contributed by atoms with E-state index in [1.807, 2.05) is 26.0 Å². The van der Waals surface area contributed by atoms with Crippen LogP contribution < -0.4 is 5.32 Å². The number of carbonyl (C=O) groups is 1. The second-order valence-corrected chi connectivity index (χ2v) is 6.09. The monoisotopic (exact) mass is 279 g/mol. The Morgan fingerprint density at radius 3 is 2.80 bits per heavy atom. The van der Waals surface area contributed by atoms with Crippen molar-refractivity contribution in [3.05, 3.63) is 30.1 Å². The molecule has 0 aliphatic rings. The maximum absolute atomic E-state index is 12.0. The minimum Gasteiger partial charge on any atom is -0.393 e. The second-order valence-electron chi connectivity index (χ2n) is 6.09. The molecule has 20 heavy (non-hydrogen) atoms. The van der Waals surface area contributed by atoms with Crippen molar-refractivity contribution < 1.29 is 9.90 Å². The molecule has 0 bridgehead atoms. The Kier molecular flexibility index (Phi) is 5.95. The number of nitrogens with one attached hydrogen (secondary N) is 1. The number of carbonyl (C=O) groups excluding carboxylic acids is 1. The molecule has 0 saturated heterocycles. The molecule has 0 aliphatic carbocycles. The van der Waals surface area contributed by atoms with E-state index in [0.29, 0.717) is 19.5 Å². The number of aliphatic hydroxyl groups is 1. The first-order valence-electron chi connectivity index (χ1n) is 6.86. The predicted molar refractivity (Wildman–Crippen MR) is 79.2 cm³/mol. The Morgan fingerprint density at radius 2 is 2.25 bits per heavy atom. The molecule has 1 unspecified atom stereocenters. The highest BCUT2D eigenvalue weighted by Crippen LogP contribution is 2.21. The average Bonchev–Trinajstić information content (AvgIpc) is 2.35. The van der Waals surface area contributed by atoms with E-state index < -0.39 is 0 Å². The molecule has 5 nitrogen and oxygen atoms in total. The number of amides is 2. The zero-order valence-electron chi connectivity index (χ0n) is 12.8. The maximum atomic E-state index is 12.0. The van der Waals surface area contributed by atoms with Gasteiger partial charge in [-0.05, 0) is 30.4 Å². The van der Waals surface area contributed by atoms with E-state index in [1.165, 1.54) is 0 Å². The molecule has 2 N–H and O–H groups in total. The van der Waals surface area contributed by atoms with Crippen molar-refractivity contribution in [3.8, 4) is 0 Å². The summed E-state index contributed by atoms with van der Waals surface area (Å²) in [4.78, 5) is 17.7. The SMILES string of the molecule is CC(O)CC(C)(C)CNC(=O)N(C)Cc1cccnc1. The number of urea groups is 1. The first-order chi connectivity index (χ1) is 9.30. The Balaban J connectivity index is 2.42. The zero-order valence-corrected chi connectivity index (χ0v) is 12.8. The van der Waals surface area contributed by atoms with Crippen LogP contribution in [0.3, 0.4) is 0 Å². The van der Waals surface area contributed by atoms with Crippen molar-refractivity contribution in [2.45, 2.75) is 39.8 Å². The zero-order chi connectivity index (χ0) is 15.2. The molecule has 0 aliphatic heterocycles. The average molecular weight is 279 g/mol. The van der Waals surface area contributed by atoms with Gasteiger partial charge in [-0.2, -0.15) is 0 Å². The number of pyridine rings is 1. The molecule has 0 spiro atoms. The van der Waals surface area contributed by atoms with Crippen molar-refractivity contribution in [3.63, 3.8) is 0 Å². The van der Waals surface area contributed by atoms with E-state index in [2.05, 4.69) is 10.3 Å². The number of aromatic nitrogens is 1. The molecule has 0 fully saturated rings. The van der Waals surface area contributed by atoms with Gasteiger partial charge in [0.15, 0.2) is 0 Å². The number of hydrogen-bond acceptors (Lipinski definition) is 3. The van der Waals surface area contributed by atoms with E-state index >= 15 is 0 Å².